The maximum absolute atomic E-state index is 4.65. The molecule has 2 aromatic rings. The van der Waals surface area contributed by atoms with Gasteiger partial charge in [-0.1, -0.05) is 36.4 Å². The Balaban J connectivity index is 1.90. The van der Waals surface area contributed by atoms with Gasteiger partial charge in [0.2, 0.25) is 0 Å². The Hall–Kier alpha value is -2.09. The van der Waals surface area contributed by atoms with Gasteiger partial charge >= 0.3 is 0 Å². The number of hydrogen-bond acceptors (Lipinski definition) is 2. The molecule has 0 atom stereocenters. The normalized spacial score (nSPS) is 17.0. The third-order valence-electron chi connectivity index (χ3n) is 4.50. The van der Waals surface area contributed by atoms with Crippen LogP contribution >= 0.6 is 0 Å². The molecule has 21 heavy (non-hydrogen) atoms. The number of aryl methyl sites for hydroxylation is 2. The average Bonchev–Trinajstić information content (AvgIpc) is 3.09. The summed E-state index contributed by atoms with van der Waals surface area (Å²) < 4.78 is 0. The van der Waals surface area contributed by atoms with Gasteiger partial charge in [0.1, 0.15) is 5.84 Å². The fourth-order valence-electron chi connectivity index (χ4n) is 3.42. The van der Waals surface area contributed by atoms with E-state index in [1.54, 1.807) is 0 Å². The van der Waals surface area contributed by atoms with Gasteiger partial charge in [-0.3, -0.25) is 4.99 Å². The highest BCUT2D eigenvalue weighted by Crippen LogP contribution is 2.31. The van der Waals surface area contributed by atoms with Crippen molar-refractivity contribution in [2.75, 3.05) is 13.1 Å². The van der Waals surface area contributed by atoms with E-state index in [0.717, 1.165) is 18.9 Å². The molecule has 2 aromatic carbocycles. The van der Waals surface area contributed by atoms with Crippen LogP contribution in [-0.2, 0) is 12.8 Å². The zero-order valence-electron chi connectivity index (χ0n) is 12.2. The van der Waals surface area contributed by atoms with Crippen LogP contribution in [0.2, 0.25) is 0 Å². The first kappa shape index (κ1) is 12.6. The predicted molar refractivity (Wildman–Crippen MR) is 87.9 cm³/mol. The molecule has 1 N–H and O–H groups in total. The van der Waals surface area contributed by atoms with Crippen molar-refractivity contribution in [3.8, 4) is 11.1 Å². The van der Waals surface area contributed by atoms with Gasteiger partial charge in [0, 0.05) is 12.1 Å². The monoisotopic (exact) mass is 276 g/mol. The number of amidine groups is 1. The molecule has 1 heterocycles. The lowest BCUT2D eigenvalue weighted by Crippen LogP contribution is -2.21. The van der Waals surface area contributed by atoms with E-state index in [9.17, 15) is 0 Å². The quantitative estimate of drug-likeness (QED) is 0.890. The van der Waals surface area contributed by atoms with Crippen molar-refractivity contribution in [1.29, 1.82) is 0 Å². The maximum atomic E-state index is 4.65. The van der Waals surface area contributed by atoms with Gasteiger partial charge in [-0.25, -0.2) is 0 Å². The van der Waals surface area contributed by atoms with Crippen molar-refractivity contribution in [3.63, 3.8) is 0 Å². The fourth-order valence-corrected chi connectivity index (χ4v) is 3.42. The molecule has 2 heteroatoms. The van der Waals surface area contributed by atoms with E-state index >= 15 is 0 Å². The average molecular weight is 276 g/mol. The summed E-state index contributed by atoms with van der Waals surface area (Å²) in [6, 6.07) is 15.5. The Kier molecular flexibility index (Phi) is 3.23. The molecule has 1 aliphatic heterocycles. The number of aliphatic imine (C=N–C) groups is 1. The van der Waals surface area contributed by atoms with Crippen LogP contribution in [0.4, 0.5) is 0 Å². The van der Waals surface area contributed by atoms with Gasteiger partial charge in [0.05, 0.1) is 6.54 Å². The van der Waals surface area contributed by atoms with E-state index < -0.39 is 0 Å². The number of hydrogen-bond donors (Lipinski definition) is 1. The molecule has 106 valence electrons. The molecule has 1 aliphatic carbocycles. The summed E-state index contributed by atoms with van der Waals surface area (Å²) in [4.78, 5) is 4.65. The largest absolute Gasteiger partial charge is 0.368 e. The molecular weight excluding hydrogens is 256 g/mol. The Morgan fingerprint density at radius 2 is 1.57 bits per heavy atom. The van der Waals surface area contributed by atoms with Crippen LogP contribution < -0.4 is 5.32 Å². The molecule has 0 aromatic heterocycles. The lowest BCUT2D eigenvalue weighted by atomic mass is 9.86. The van der Waals surface area contributed by atoms with Gasteiger partial charge in [-0.05, 0) is 54.0 Å². The van der Waals surface area contributed by atoms with E-state index in [1.165, 1.54) is 53.5 Å². The highest BCUT2D eigenvalue weighted by atomic mass is 15.1. The molecule has 0 amide bonds. The van der Waals surface area contributed by atoms with Crippen molar-refractivity contribution < 1.29 is 0 Å². The summed E-state index contributed by atoms with van der Waals surface area (Å²) >= 11 is 0. The summed E-state index contributed by atoms with van der Waals surface area (Å²) in [6.45, 7) is 1.85. The molecule has 2 nitrogen and oxygen atoms in total. The van der Waals surface area contributed by atoms with E-state index in [0.29, 0.717) is 0 Å². The summed E-state index contributed by atoms with van der Waals surface area (Å²) in [5, 5.41) is 3.44. The summed E-state index contributed by atoms with van der Waals surface area (Å²) in [7, 11) is 0. The first-order chi connectivity index (χ1) is 10.4. The second-order valence-corrected chi connectivity index (χ2v) is 5.90. The molecule has 0 radical (unpaired) electrons. The Morgan fingerprint density at radius 3 is 2.24 bits per heavy atom. The standard InChI is InChI=1S/C19H20N2/c1-2-6-14(7-3-1)17-12-15-8-4-5-9-16(15)13-18(17)19-20-10-11-21-19/h1-3,6-7,12-13H,4-5,8-11H2,(H,20,21). The number of rotatable bonds is 2. The van der Waals surface area contributed by atoms with Crippen LogP contribution in [0.5, 0.6) is 0 Å². The van der Waals surface area contributed by atoms with E-state index in [2.05, 4.69) is 52.8 Å². The zero-order valence-corrected chi connectivity index (χ0v) is 12.2. The zero-order chi connectivity index (χ0) is 14.1. The molecule has 0 spiro atoms. The maximum Gasteiger partial charge on any atom is 0.129 e. The predicted octanol–water partition coefficient (Wildman–Crippen LogP) is 3.58. The van der Waals surface area contributed by atoms with Gasteiger partial charge in [0.25, 0.3) is 0 Å². The highest BCUT2D eigenvalue weighted by molar-refractivity contribution is 6.05. The van der Waals surface area contributed by atoms with Crippen LogP contribution in [0, 0.1) is 0 Å². The van der Waals surface area contributed by atoms with Crippen molar-refractivity contribution in [2.45, 2.75) is 25.7 Å². The number of nitrogens with one attached hydrogen (secondary N) is 1. The van der Waals surface area contributed by atoms with E-state index in [4.69, 9.17) is 0 Å². The number of benzene rings is 2. The van der Waals surface area contributed by atoms with Crippen molar-refractivity contribution >= 4 is 5.84 Å². The third-order valence-corrected chi connectivity index (χ3v) is 4.50. The first-order valence-electron chi connectivity index (χ1n) is 7.92. The molecule has 0 fully saturated rings. The fraction of sp³-hybridized carbons (Fsp3) is 0.316. The van der Waals surface area contributed by atoms with E-state index in [-0.39, 0.29) is 0 Å². The van der Waals surface area contributed by atoms with Gasteiger partial charge in [0.15, 0.2) is 0 Å². The molecule has 0 saturated carbocycles. The molecule has 0 unspecified atom stereocenters. The van der Waals surface area contributed by atoms with Gasteiger partial charge in [-0.15, -0.1) is 0 Å². The first-order valence-corrected chi connectivity index (χ1v) is 7.92. The van der Waals surface area contributed by atoms with Crippen molar-refractivity contribution in [3.05, 3.63) is 59.2 Å². The Morgan fingerprint density at radius 1 is 0.857 bits per heavy atom. The van der Waals surface area contributed by atoms with Crippen LogP contribution in [-0.4, -0.2) is 18.9 Å². The summed E-state index contributed by atoms with van der Waals surface area (Å²) in [6.07, 6.45) is 5.07. The van der Waals surface area contributed by atoms with E-state index in [1.807, 2.05) is 0 Å². The molecule has 0 saturated heterocycles. The minimum atomic E-state index is 0.890. The Labute approximate surface area is 125 Å². The molecule has 0 bridgehead atoms. The van der Waals surface area contributed by atoms with Crippen LogP contribution in [0.15, 0.2) is 47.5 Å². The summed E-state index contributed by atoms with van der Waals surface area (Å²) in [5.41, 5.74) is 6.94. The van der Waals surface area contributed by atoms with Gasteiger partial charge < -0.3 is 5.32 Å². The SMILES string of the molecule is c1ccc(-c2cc3c(cc2C2=NCCN2)CCCC3)cc1. The Bertz CT molecular complexity index is 686. The van der Waals surface area contributed by atoms with Crippen LogP contribution in [0.1, 0.15) is 29.5 Å². The lowest BCUT2D eigenvalue weighted by molar-refractivity contribution is 0.685. The smallest absolute Gasteiger partial charge is 0.129 e. The highest BCUT2D eigenvalue weighted by Gasteiger charge is 2.18. The van der Waals surface area contributed by atoms with Crippen LogP contribution in [0.25, 0.3) is 11.1 Å². The summed E-state index contributed by atoms with van der Waals surface area (Å²) in [5.74, 6) is 1.07. The topological polar surface area (TPSA) is 24.4 Å². The van der Waals surface area contributed by atoms with Gasteiger partial charge in [-0.2, -0.15) is 0 Å². The lowest BCUT2D eigenvalue weighted by Gasteiger charge is -2.20. The minimum Gasteiger partial charge on any atom is -0.368 e. The molecule has 2 aliphatic rings. The third kappa shape index (κ3) is 2.35. The van der Waals surface area contributed by atoms with Crippen molar-refractivity contribution in [2.24, 2.45) is 4.99 Å². The van der Waals surface area contributed by atoms with Crippen molar-refractivity contribution in [1.82, 2.24) is 5.32 Å². The number of fused-ring (bicyclic) bond motifs is 1. The van der Waals surface area contributed by atoms with Crippen LogP contribution in [0.3, 0.4) is 0 Å². The molecule has 4 rings (SSSR count). The second-order valence-electron chi connectivity index (χ2n) is 5.90. The second kappa shape index (κ2) is 5.36. The molecular formula is C19H20N2. The minimum absolute atomic E-state index is 0.890. The number of nitrogens with zero attached hydrogens (tertiary/aromatic N) is 1.